The summed E-state index contributed by atoms with van der Waals surface area (Å²) in [5, 5.41) is 0. The van der Waals surface area contributed by atoms with Crippen LogP contribution >= 0.6 is 0 Å². The van der Waals surface area contributed by atoms with Gasteiger partial charge < -0.3 is 10.2 Å². The molecule has 0 bridgehead atoms. The first-order valence-corrected chi connectivity index (χ1v) is 5.60. The summed E-state index contributed by atoms with van der Waals surface area (Å²) in [5.74, 6) is 0.300. The smallest absolute Gasteiger partial charge is 0.199 e. The van der Waals surface area contributed by atoms with Gasteiger partial charge in [-0.3, -0.25) is 0 Å². The fourth-order valence-corrected chi connectivity index (χ4v) is 1.89. The molecule has 0 radical (unpaired) electrons. The molecule has 2 N–H and O–H groups in total. The Balaban J connectivity index is 1.95. The number of benzene rings is 2. The summed E-state index contributed by atoms with van der Waals surface area (Å²) in [5.41, 5.74) is 8.55. The zero-order valence-corrected chi connectivity index (χ0v) is 9.56. The van der Waals surface area contributed by atoms with E-state index in [4.69, 9.17) is 10.2 Å². The van der Waals surface area contributed by atoms with Crippen LogP contribution in [0.5, 0.6) is 0 Å². The molecule has 3 rings (SSSR count). The van der Waals surface area contributed by atoms with Gasteiger partial charge in [0.1, 0.15) is 11.3 Å². The number of hydrogen-bond donors (Lipinski definition) is 1. The van der Waals surface area contributed by atoms with Crippen molar-refractivity contribution < 1.29 is 8.81 Å². The topological polar surface area (TPSA) is 52.0 Å². The van der Waals surface area contributed by atoms with Crippen LogP contribution in [0, 0.1) is 5.82 Å². The number of fused-ring (bicyclic) bond motifs is 1. The number of nitrogens with zero attached hydrogens (tertiary/aromatic N) is 1. The van der Waals surface area contributed by atoms with E-state index >= 15 is 0 Å². The maximum atomic E-state index is 13.1. The van der Waals surface area contributed by atoms with E-state index in [2.05, 4.69) is 4.98 Å². The van der Waals surface area contributed by atoms with Crippen molar-refractivity contribution in [3.63, 3.8) is 0 Å². The number of oxazole rings is 1. The minimum atomic E-state index is -0.257. The first kappa shape index (κ1) is 10.8. The lowest BCUT2D eigenvalue weighted by atomic mass is 10.1. The molecule has 0 aliphatic heterocycles. The third-order valence-electron chi connectivity index (χ3n) is 2.70. The number of rotatable bonds is 2. The maximum absolute atomic E-state index is 13.1. The largest absolute Gasteiger partial charge is 0.440 e. The van der Waals surface area contributed by atoms with E-state index in [1.807, 2.05) is 12.1 Å². The van der Waals surface area contributed by atoms with Gasteiger partial charge in [0, 0.05) is 18.2 Å². The molecule has 1 heterocycles. The maximum Gasteiger partial charge on any atom is 0.199 e. The van der Waals surface area contributed by atoms with E-state index in [9.17, 15) is 4.39 Å². The number of aromatic nitrogens is 1. The molecule has 0 fully saturated rings. The van der Waals surface area contributed by atoms with Crippen LogP contribution in [0.15, 0.2) is 46.9 Å². The second-order valence-corrected chi connectivity index (χ2v) is 4.14. The Morgan fingerprint density at radius 1 is 1.17 bits per heavy atom. The van der Waals surface area contributed by atoms with Crippen molar-refractivity contribution in [1.29, 1.82) is 0 Å². The molecule has 18 heavy (non-hydrogen) atoms. The molecular formula is C14H11FN2O. The molecule has 0 amide bonds. The Bertz CT molecular complexity index is 706. The van der Waals surface area contributed by atoms with Gasteiger partial charge >= 0.3 is 0 Å². The quantitative estimate of drug-likeness (QED) is 0.702. The lowest BCUT2D eigenvalue weighted by Crippen LogP contribution is -1.88. The Labute approximate surface area is 103 Å². The fraction of sp³-hybridized carbons (Fsp3) is 0.0714. The highest BCUT2D eigenvalue weighted by Gasteiger charge is 2.07. The van der Waals surface area contributed by atoms with Gasteiger partial charge in [0.15, 0.2) is 11.5 Å². The van der Waals surface area contributed by atoms with Crippen molar-refractivity contribution >= 4 is 16.8 Å². The highest BCUT2D eigenvalue weighted by molar-refractivity contribution is 5.76. The molecule has 1 aromatic heterocycles. The van der Waals surface area contributed by atoms with E-state index in [0.717, 1.165) is 11.1 Å². The third kappa shape index (κ3) is 2.05. The highest BCUT2D eigenvalue weighted by Crippen LogP contribution is 2.20. The summed E-state index contributed by atoms with van der Waals surface area (Å²) in [6.45, 7) is 0. The summed E-state index contributed by atoms with van der Waals surface area (Å²) < 4.78 is 18.6. The van der Waals surface area contributed by atoms with Gasteiger partial charge in [-0.1, -0.05) is 12.1 Å². The molecule has 90 valence electrons. The predicted molar refractivity (Wildman–Crippen MR) is 67.6 cm³/mol. The molecule has 0 atom stereocenters. The van der Waals surface area contributed by atoms with Gasteiger partial charge in [-0.25, -0.2) is 9.37 Å². The Kier molecular flexibility index (Phi) is 2.48. The minimum Gasteiger partial charge on any atom is -0.440 e. The van der Waals surface area contributed by atoms with Crippen LogP contribution in [0.1, 0.15) is 11.5 Å². The monoisotopic (exact) mass is 242 g/mol. The normalized spacial score (nSPS) is 10.9. The molecule has 0 unspecified atom stereocenters. The van der Waals surface area contributed by atoms with Crippen molar-refractivity contribution in [3.05, 3.63) is 59.7 Å². The van der Waals surface area contributed by atoms with E-state index in [1.165, 1.54) is 12.1 Å². The van der Waals surface area contributed by atoms with Crippen LogP contribution in [0.2, 0.25) is 0 Å². The summed E-state index contributed by atoms with van der Waals surface area (Å²) in [6.07, 6.45) is 0.465. The Morgan fingerprint density at radius 3 is 2.89 bits per heavy atom. The van der Waals surface area contributed by atoms with Crippen LogP contribution in [-0.2, 0) is 6.42 Å². The number of halogens is 1. The lowest BCUT2D eigenvalue weighted by Gasteiger charge is -1.96. The van der Waals surface area contributed by atoms with Crippen molar-refractivity contribution in [3.8, 4) is 0 Å². The number of anilines is 1. The second-order valence-electron chi connectivity index (χ2n) is 4.14. The first-order chi connectivity index (χ1) is 8.70. The van der Waals surface area contributed by atoms with Crippen molar-refractivity contribution in [2.75, 3.05) is 5.73 Å². The number of nitrogens with two attached hydrogens (primary N) is 1. The van der Waals surface area contributed by atoms with Crippen LogP contribution in [-0.4, -0.2) is 4.98 Å². The van der Waals surface area contributed by atoms with Crippen molar-refractivity contribution in [1.82, 2.24) is 4.98 Å². The lowest BCUT2D eigenvalue weighted by molar-refractivity contribution is 0.543. The van der Waals surface area contributed by atoms with Gasteiger partial charge in [-0.05, 0) is 29.8 Å². The van der Waals surface area contributed by atoms with Crippen LogP contribution in [0.4, 0.5) is 10.1 Å². The predicted octanol–water partition coefficient (Wildman–Crippen LogP) is 3.14. The molecule has 0 saturated heterocycles. The van der Waals surface area contributed by atoms with Crippen LogP contribution in [0.3, 0.4) is 0 Å². The standard InChI is InChI=1S/C14H11FN2O/c15-10-3-1-2-9(6-10)7-14-17-12-5-4-11(16)8-13(12)18-14/h1-6,8H,7,16H2. The van der Waals surface area contributed by atoms with Gasteiger partial charge in [-0.2, -0.15) is 0 Å². The molecule has 0 aliphatic carbocycles. The van der Waals surface area contributed by atoms with Gasteiger partial charge in [0.2, 0.25) is 0 Å². The van der Waals surface area contributed by atoms with E-state index in [0.29, 0.717) is 23.6 Å². The van der Waals surface area contributed by atoms with Crippen molar-refractivity contribution in [2.45, 2.75) is 6.42 Å². The Morgan fingerprint density at radius 2 is 2.06 bits per heavy atom. The molecular weight excluding hydrogens is 231 g/mol. The number of hydrogen-bond acceptors (Lipinski definition) is 3. The average Bonchev–Trinajstić information content (AvgIpc) is 2.70. The molecule has 0 spiro atoms. The zero-order chi connectivity index (χ0) is 12.5. The van der Waals surface area contributed by atoms with Crippen LogP contribution < -0.4 is 5.73 Å². The first-order valence-electron chi connectivity index (χ1n) is 5.60. The second kappa shape index (κ2) is 4.14. The average molecular weight is 242 g/mol. The van der Waals surface area contributed by atoms with Crippen LogP contribution in [0.25, 0.3) is 11.1 Å². The molecule has 0 saturated carbocycles. The summed E-state index contributed by atoms with van der Waals surface area (Å²) in [6, 6.07) is 11.7. The van der Waals surface area contributed by atoms with E-state index < -0.39 is 0 Å². The summed E-state index contributed by atoms with van der Waals surface area (Å²) >= 11 is 0. The summed E-state index contributed by atoms with van der Waals surface area (Å²) in [7, 11) is 0. The molecule has 3 nitrogen and oxygen atoms in total. The van der Waals surface area contributed by atoms with E-state index in [1.54, 1.807) is 18.2 Å². The van der Waals surface area contributed by atoms with Gasteiger partial charge in [-0.15, -0.1) is 0 Å². The molecule has 4 heteroatoms. The van der Waals surface area contributed by atoms with Gasteiger partial charge in [0.25, 0.3) is 0 Å². The minimum absolute atomic E-state index is 0.257. The molecule has 0 aliphatic rings. The van der Waals surface area contributed by atoms with E-state index in [-0.39, 0.29) is 5.82 Å². The summed E-state index contributed by atoms with van der Waals surface area (Å²) in [4.78, 5) is 4.33. The van der Waals surface area contributed by atoms with Crippen molar-refractivity contribution in [2.24, 2.45) is 0 Å². The number of nitrogen functional groups attached to an aromatic ring is 1. The Hall–Kier alpha value is -2.36. The molecule has 3 aromatic rings. The fourth-order valence-electron chi connectivity index (χ4n) is 1.89. The third-order valence-corrected chi connectivity index (χ3v) is 2.70. The highest BCUT2D eigenvalue weighted by atomic mass is 19.1. The zero-order valence-electron chi connectivity index (χ0n) is 9.56. The van der Waals surface area contributed by atoms with Gasteiger partial charge in [0.05, 0.1) is 0 Å². The molecule has 2 aromatic carbocycles. The SMILES string of the molecule is Nc1ccc2nc(Cc3cccc(F)c3)oc2c1.